The number of sulfonamides is 1. The van der Waals surface area contributed by atoms with Gasteiger partial charge in [-0.2, -0.15) is 9.29 Å². The minimum atomic E-state index is -3.78. The van der Waals surface area contributed by atoms with Gasteiger partial charge in [0.05, 0.1) is 24.0 Å². The van der Waals surface area contributed by atoms with Crippen LogP contribution in [-0.4, -0.2) is 42.6 Å². The summed E-state index contributed by atoms with van der Waals surface area (Å²) in [4.78, 5) is 4.40. The lowest BCUT2D eigenvalue weighted by molar-refractivity contribution is 0.122. The fraction of sp³-hybridized carbons (Fsp3) is 0.364. The topological polar surface area (TPSA) is 85.5 Å². The molecule has 0 radical (unpaired) electrons. The number of rotatable bonds is 8. The van der Waals surface area contributed by atoms with E-state index in [1.54, 1.807) is 0 Å². The van der Waals surface area contributed by atoms with Crippen LogP contribution < -0.4 is 0 Å². The molecule has 1 unspecified atom stereocenters. The fourth-order valence-corrected chi connectivity index (χ4v) is 5.16. The zero-order valence-corrected chi connectivity index (χ0v) is 17.8. The highest BCUT2D eigenvalue weighted by Gasteiger charge is 2.33. The molecule has 0 saturated carbocycles. The van der Waals surface area contributed by atoms with Crippen molar-refractivity contribution in [3.63, 3.8) is 0 Å². The van der Waals surface area contributed by atoms with Crippen LogP contribution in [0, 0.1) is 5.82 Å². The zero-order chi connectivity index (χ0) is 21.7. The molecule has 2 heterocycles. The molecule has 31 heavy (non-hydrogen) atoms. The van der Waals surface area contributed by atoms with Crippen LogP contribution in [0.1, 0.15) is 36.0 Å². The average molecular weight is 446 g/mol. The van der Waals surface area contributed by atoms with E-state index in [9.17, 15) is 12.8 Å². The van der Waals surface area contributed by atoms with Crippen molar-refractivity contribution in [3.8, 4) is 0 Å². The number of halogens is 1. The molecule has 0 bridgehead atoms. The number of benzene rings is 2. The lowest BCUT2D eigenvalue weighted by Crippen LogP contribution is -2.39. The Morgan fingerprint density at radius 1 is 1.16 bits per heavy atom. The van der Waals surface area contributed by atoms with Crippen LogP contribution in [0.4, 0.5) is 4.39 Å². The molecule has 3 aromatic rings. The summed E-state index contributed by atoms with van der Waals surface area (Å²) in [5.41, 5.74) is 1.10. The molecule has 9 heteroatoms. The van der Waals surface area contributed by atoms with Gasteiger partial charge in [-0.1, -0.05) is 41.6 Å². The van der Waals surface area contributed by atoms with Crippen molar-refractivity contribution in [2.24, 2.45) is 0 Å². The van der Waals surface area contributed by atoms with Gasteiger partial charge >= 0.3 is 0 Å². The van der Waals surface area contributed by atoms with Crippen molar-refractivity contribution >= 4 is 10.0 Å². The maximum absolute atomic E-state index is 13.5. The molecule has 1 aliphatic heterocycles. The monoisotopic (exact) mass is 445 g/mol. The molecular weight excluding hydrogens is 421 g/mol. The maximum atomic E-state index is 13.5. The Labute approximate surface area is 180 Å². The Morgan fingerprint density at radius 3 is 2.81 bits per heavy atom. The molecule has 0 aliphatic carbocycles. The predicted octanol–water partition coefficient (Wildman–Crippen LogP) is 3.54. The number of nitrogens with zero attached hydrogens (tertiary/aromatic N) is 3. The minimum Gasteiger partial charge on any atom is -0.376 e. The summed E-state index contributed by atoms with van der Waals surface area (Å²) in [6.45, 7) is 1.58. The molecule has 1 fully saturated rings. The Morgan fingerprint density at radius 2 is 2.00 bits per heavy atom. The van der Waals surface area contributed by atoms with Crippen molar-refractivity contribution in [1.29, 1.82) is 0 Å². The standard InChI is InChI=1S/C22H24FN3O4S/c23-19-9-4-10-20(14-19)31(27,28)26-12-5-8-18(15-26)22-24-21(25-30-22)11-13-29-16-17-6-2-1-3-7-17/h1-4,6-7,9-10,14,18H,5,8,11-13,15-16H2. The van der Waals surface area contributed by atoms with E-state index in [4.69, 9.17) is 9.26 Å². The molecule has 0 spiro atoms. The smallest absolute Gasteiger partial charge is 0.243 e. The first-order valence-electron chi connectivity index (χ1n) is 10.2. The van der Waals surface area contributed by atoms with Crippen molar-refractivity contribution in [2.75, 3.05) is 19.7 Å². The van der Waals surface area contributed by atoms with Crippen LogP contribution in [0.3, 0.4) is 0 Å². The summed E-state index contributed by atoms with van der Waals surface area (Å²) in [5, 5.41) is 4.01. The van der Waals surface area contributed by atoms with Crippen molar-refractivity contribution in [1.82, 2.24) is 14.4 Å². The van der Waals surface area contributed by atoms with Gasteiger partial charge in [0, 0.05) is 19.5 Å². The van der Waals surface area contributed by atoms with Crippen LogP contribution in [0.15, 0.2) is 64.0 Å². The highest BCUT2D eigenvalue weighted by molar-refractivity contribution is 7.89. The van der Waals surface area contributed by atoms with E-state index < -0.39 is 15.8 Å². The summed E-state index contributed by atoms with van der Waals surface area (Å²) in [7, 11) is -3.78. The second-order valence-corrected chi connectivity index (χ2v) is 9.43. The van der Waals surface area contributed by atoms with Crippen LogP contribution in [0.2, 0.25) is 0 Å². The Bertz CT molecular complexity index is 1100. The third-order valence-electron chi connectivity index (χ3n) is 5.23. The van der Waals surface area contributed by atoms with Gasteiger partial charge in [-0.15, -0.1) is 0 Å². The first-order chi connectivity index (χ1) is 15.0. The zero-order valence-electron chi connectivity index (χ0n) is 17.0. The number of piperidine rings is 1. The van der Waals surface area contributed by atoms with Gasteiger partial charge in [0.2, 0.25) is 15.9 Å². The van der Waals surface area contributed by atoms with Gasteiger partial charge in [0.15, 0.2) is 5.82 Å². The van der Waals surface area contributed by atoms with E-state index in [2.05, 4.69) is 10.1 Å². The fourth-order valence-electron chi connectivity index (χ4n) is 3.60. The molecular formula is C22H24FN3O4S. The summed E-state index contributed by atoms with van der Waals surface area (Å²) in [6, 6.07) is 15.0. The molecule has 1 atom stereocenters. The predicted molar refractivity (Wildman–Crippen MR) is 111 cm³/mol. The normalized spacial score (nSPS) is 17.6. The van der Waals surface area contributed by atoms with E-state index in [-0.39, 0.29) is 17.4 Å². The van der Waals surface area contributed by atoms with Crippen molar-refractivity contribution in [3.05, 3.63) is 77.7 Å². The number of hydrogen-bond donors (Lipinski definition) is 0. The molecule has 0 amide bonds. The number of hydrogen-bond acceptors (Lipinski definition) is 6. The summed E-state index contributed by atoms with van der Waals surface area (Å²) >= 11 is 0. The quantitative estimate of drug-likeness (QED) is 0.493. The molecule has 2 aromatic carbocycles. The molecule has 1 aromatic heterocycles. The molecule has 0 N–H and O–H groups in total. The third-order valence-corrected chi connectivity index (χ3v) is 7.09. The lowest BCUT2D eigenvalue weighted by Gasteiger charge is -2.30. The van der Waals surface area contributed by atoms with Crippen LogP contribution in [0.25, 0.3) is 0 Å². The van der Waals surface area contributed by atoms with Gasteiger partial charge in [-0.3, -0.25) is 0 Å². The van der Waals surface area contributed by atoms with E-state index >= 15 is 0 Å². The van der Waals surface area contributed by atoms with Gasteiger partial charge in [-0.25, -0.2) is 12.8 Å². The molecule has 1 saturated heterocycles. The average Bonchev–Trinajstić information content (AvgIpc) is 3.27. The van der Waals surface area contributed by atoms with Crippen molar-refractivity contribution < 1.29 is 22.1 Å². The van der Waals surface area contributed by atoms with E-state index in [1.807, 2.05) is 30.3 Å². The highest BCUT2D eigenvalue weighted by Crippen LogP contribution is 2.29. The van der Waals surface area contributed by atoms with Crippen molar-refractivity contribution in [2.45, 2.75) is 36.7 Å². The summed E-state index contributed by atoms with van der Waals surface area (Å²) in [5.74, 6) is 0.194. The molecule has 4 rings (SSSR count). The second kappa shape index (κ2) is 9.67. The van der Waals surface area contributed by atoms with E-state index in [0.717, 1.165) is 18.1 Å². The molecule has 164 valence electrons. The van der Waals surface area contributed by atoms with Crippen LogP contribution in [0.5, 0.6) is 0 Å². The minimum absolute atomic E-state index is 0.0464. The van der Waals surface area contributed by atoms with Gasteiger partial charge in [-0.05, 0) is 36.6 Å². The maximum Gasteiger partial charge on any atom is 0.243 e. The molecule has 1 aliphatic rings. The van der Waals surface area contributed by atoms with Gasteiger partial charge < -0.3 is 9.26 Å². The summed E-state index contributed by atoms with van der Waals surface area (Å²) < 4.78 is 51.7. The SMILES string of the molecule is O=S(=O)(c1cccc(F)c1)N1CCCC(c2nc(CCOCc3ccccc3)no2)C1. The summed E-state index contributed by atoms with van der Waals surface area (Å²) in [6.07, 6.45) is 1.92. The first kappa shape index (κ1) is 21.6. The third kappa shape index (κ3) is 5.36. The number of ether oxygens (including phenoxy) is 1. The largest absolute Gasteiger partial charge is 0.376 e. The van der Waals surface area contributed by atoms with Gasteiger partial charge in [0.1, 0.15) is 5.82 Å². The van der Waals surface area contributed by atoms with Crippen LogP contribution in [-0.2, 0) is 27.8 Å². The Kier molecular flexibility index (Phi) is 6.74. The Hall–Kier alpha value is -2.62. The lowest BCUT2D eigenvalue weighted by atomic mass is 10.00. The van der Waals surface area contributed by atoms with Gasteiger partial charge in [0.25, 0.3) is 0 Å². The van der Waals surface area contributed by atoms with E-state index in [1.165, 1.54) is 22.5 Å². The molecule has 7 nitrogen and oxygen atoms in total. The van der Waals surface area contributed by atoms with Crippen LogP contribution >= 0.6 is 0 Å². The Balaban J connectivity index is 1.34. The van der Waals surface area contributed by atoms with E-state index in [0.29, 0.717) is 44.3 Å². The number of aromatic nitrogens is 2. The highest BCUT2D eigenvalue weighted by atomic mass is 32.2. The second-order valence-electron chi connectivity index (χ2n) is 7.50. The first-order valence-corrected chi connectivity index (χ1v) is 11.7.